The van der Waals surface area contributed by atoms with Crippen LogP contribution in [0.4, 0.5) is 0 Å². The van der Waals surface area contributed by atoms with Crippen molar-refractivity contribution < 1.29 is 13.0 Å². The fraction of sp³-hybridized carbons (Fsp3) is 0.259. The van der Waals surface area contributed by atoms with E-state index in [1.807, 2.05) is 65.8 Å². The van der Waals surface area contributed by atoms with Crippen molar-refractivity contribution in [3.63, 3.8) is 0 Å². The normalized spacial score (nSPS) is 10.1. The van der Waals surface area contributed by atoms with Crippen molar-refractivity contribution in [2.24, 2.45) is 0 Å². The molecule has 4 aromatic carbocycles. The first-order valence-corrected chi connectivity index (χ1v) is 13.1. The summed E-state index contributed by atoms with van der Waals surface area (Å²) in [6.45, 7) is 12.0. The van der Waals surface area contributed by atoms with E-state index in [0.717, 1.165) is 32.8 Å². The summed E-state index contributed by atoms with van der Waals surface area (Å²) in [5.41, 5.74) is 3.84. The summed E-state index contributed by atoms with van der Waals surface area (Å²) in [5, 5.41) is 4.79. The topological polar surface area (TPSA) is 83.0 Å². The van der Waals surface area contributed by atoms with Crippen molar-refractivity contribution in [2.45, 2.75) is 41.5 Å². The lowest BCUT2D eigenvalue weighted by molar-refractivity contribution is 0.470. The highest BCUT2D eigenvalue weighted by Gasteiger charge is 2.11. The zero-order chi connectivity index (χ0) is 25.0. The summed E-state index contributed by atoms with van der Waals surface area (Å²) in [6, 6.07) is 24.9. The van der Waals surface area contributed by atoms with Gasteiger partial charge in [0.2, 0.25) is 0 Å². The SMILES string of the molecule is CC.CC.CC.CS(=O)(=O)[O-].c1ccc2nc3c4ccccc4c4ccccc4c3nc2c1. The molecule has 0 radical (unpaired) electrons. The monoisotopic (exact) mass is 465 g/mol. The number of aromatic nitrogens is 2. The molecule has 176 valence electrons. The van der Waals surface area contributed by atoms with E-state index in [9.17, 15) is 0 Å². The van der Waals surface area contributed by atoms with Crippen LogP contribution in [0.1, 0.15) is 41.5 Å². The van der Waals surface area contributed by atoms with Gasteiger partial charge >= 0.3 is 0 Å². The zero-order valence-corrected chi connectivity index (χ0v) is 21.3. The average molecular weight is 466 g/mol. The summed E-state index contributed by atoms with van der Waals surface area (Å²) >= 11 is 0. The molecule has 0 spiro atoms. The number of fused-ring (bicyclic) bond motifs is 7. The molecule has 0 unspecified atom stereocenters. The van der Waals surface area contributed by atoms with Crippen molar-refractivity contribution in [2.75, 3.05) is 6.26 Å². The summed E-state index contributed by atoms with van der Waals surface area (Å²) in [5.74, 6) is 0. The highest BCUT2D eigenvalue weighted by molar-refractivity contribution is 7.84. The van der Waals surface area contributed by atoms with Crippen molar-refractivity contribution in [1.29, 1.82) is 0 Å². The van der Waals surface area contributed by atoms with Crippen LogP contribution in [0.25, 0.3) is 43.6 Å². The summed E-state index contributed by atoms with van der Waals surface area (Å²) in [4.78, 5) is 9.79. The minimum absolute atomic E-state index is 0.604. The maximum absolute atomic E-state index is 9.08. The van der Waals surface area contributed by atoms with Gasteiger partial charge in [0.25, 0.3) is 0 Å². The van der Waals surface area contributed by atoms with Crippen LogP contribution in [-0.4, -0.2) is 29.2 Å². The molecule has 0 bridgehead atoms. The molecule has 1 heterocycles. The Balaban J connectivity index is 0.000000430. The smallest absolute Gasteiger partial charge is 0.0979 e. The lowest BCUT2D eigenvalue weighted by atomic mass is 9.99. The van der Waals surface area contributed by atoms with Gasteiger partial charge in [-0.2, -0.15) is 0 Å². The van der Waals surface area contributed by atoms with Crippen LogP contribution in [-0.2, 0) is 10.1 Å². The van der Waals surface area contributed by atoms with Crippen LogP contribution >= 0.6 is 0 Å². The zero-order valence-electron chi connectivity index (χ0n) is 20.5. The first-order chi connectivity index (χ1) is 15.9. The Hall–Kier alpha value is -3.09. The third-order valence-electron chi connectivity index (χ3n) is 4.23. The molecule has 33 heavy (non-hydrogen) atoms. The maximum atomic E-state index is 9.08. The van der Waals surface area contributed by atoms with E-state index in [1.165, 1.54) is 10.8 Å². The number of nitrogens with zero attached hydrogens (tertiary/aromatic N) is 2. The van der Waals surface area contributed by atoms with Gasteiger partial charge in [0.15, 0.2) is 0 Å². The molecule has 0 aliphatic rings. The van der Waals surface area contributed by atoms with E-state index < -0.39 is 10.1 Å². The molecule has 0 saturated carbocycles. The van der Waals surface area contributed by atoms with E-state index >= 15 is 0 Å². The van der Waals surface area contributed by atoms with Gasteiger partial charge in [0.05, 0.1) is 32.2 Å². The first kappa shape index (κ1) is 27.9. The fourth-order valence-electron chi connectivity index (χ4n) is 3.22. The third-order valence-corrected chi connectivity index (χ3v) is 4.23. The minimum atomic E-state index is -3.92. The summed E-state index contributed by atoms with van der Waals surface area (Å²) in [6.07, 6.45) is 0.604. The fourth-order valence-corrected chi connectivity index (χ4v) is 3.22. The van der Waals surface area contributed by atoms with Gasteiger partial charge in [-0.1, -0.05) is 102 Å². The molecule has 1 aromatic heterocycles. The molecular formula is C27H33N2O3S-. The lowest BCUT2D eigenvalue weighted by Crippen LogP contribution is -1.90. The minimum Gasteiger partial charge on any atom is -0.748 e. The number of benzene rings is 4. The molecule has 0 saturated heterocycles. The standard InChI is InChI=1S/C20H12N2.3C2H6.CH4O3S/c1-3-9-15-13(7-1)14-8-2-4-10-16(14)20-19(15)21-17-11-5-6-12-18(17)22-20;3*1-2;1-5(2,3)4/h1-12H;3*1-2H3;1H3,(H,2,3,4)/p-1. The van der Waals surface area contributed by atoms with E-state index in [2.05, 4.69) is 48.5 Å². The number of hydrogen-bond donors (Lipinski definition) is 0. The Morgan fingerprint density at radius 2 is 0.788 bits per heavy atom. The van der Waals surface area contributed by atoms with Gasteiger partial charge in [0.1, 0.15) is 0 Å². The number of hydrogen-bond acceptors (Lipinski definition) is 5. The Morgan fingerprint density at radius 3 is 1.09 bits per heavy atom. The van der Waals surface area contributed by atoms with Crippen molar-refractivity contribution in [3.8, 4) is 0 Å². The predicted octanol–water partition coefficient (Wildman–Crippen LogP) is 7.33. The predicted molar refractivity (Wildman–Crippen MR) is 142 cm³/mol. The molecule has 5 nitrogen and oxygen atoms in total. The molecule has 5 aromatic rings. The quantitative estimate of drug-likeness (QED) is 0.136. The molecule has 0 amide bonds. The number of rotatable bonds is 0. The van der Waals surface area contributed by atoms with Gasteiger partial charge in [-0.3, -0.25) is 0 Å². The van der Waals surface area contributed by atoms with E-state index in [0.29, 0.717) is 6.26 Å². The van der Waals surface area contributed by atoms with E-state index in [4.69, 9.17) is 22.9 Å². The molecule has 0 aliphatic heterocycles. The van der Waals surface area contributed by atoms with Crippen LogP contribution < -0.4 is 0 Å². The highest BCUT2D eigenvalue weighted by atomic mass is 32.2. The molecular weight excluding hydrogens is 432 g/mol. The van der Waals surface area contributed by atoms with Gasteiger partial charge < -0.3 is 4.55 Å². The van der Waals surface area contributed by atoms with Gasteiger partial charge in [0, 0.05) is 17.0 Å². The van der Waals surface area contributed by atoms with Crippen LogP contribution in [0, 0.1) is 0 Å². The molecule has 0 atom stereocenters. The van der Waals surface area contributed by atoms with Crippen LogP contribution in [0.3, 0.4) is 0 Å². The molecule has 0 fully saturated rings. The van der Waals surface area contributed by atoms with E-state index in [1.54, 1.807) is 0 Å². The van der Waals surface area contributed by atoms with Crippen LogP contribution in [0.2, 0.25) is 0 Å². The second-order valence-corrected chi connectivity index (χ2v) is 7.61. The lowest BCUT2D eigenvalue weighted by Gasteiger charge is -2.09. The van der Waals surface area contributed by atoms with Crippen LogP contribution in [0.5, 0.6) is 0 Å². The third kappa shape index (κ3) is 7.20. The molecule has 0 N–H and O–H groups in total. The van der Waals surface area contributed by atoms with Crippen LogP contribution in [0.15, 0.2) is 72.8 Å². The van der Waals surface area contributed by atoms with Crippen molar-refractivity contribution in [3.05, 3.63) is 72.8 Å². The second kappa shape index (κ2) is 13.5. The highest BCUT2D eigenvalue weighted by Crippen LogP contribution is 2.33. The number of para-hydroxylation sites is 2. The Labute approximate surface area is 197 Å². The average Bonchev–Trinajstić information content (AvgIpc) is 2.86. The Morgan fingerprint density at radius 1 is 0.545 bits per heavy atom. The van der Waals surface area contributed by atoms with Gasteiger partial charge in [-0.05, 0) is 22.9 Å². The largest absolute Gasteiger partial charge is 0.748 e. The Kier molecular flexibility index (Phi) is 11.4. The molecule has 5 rings (SSSR count). The summed E-state index contributed by atoms with van der Waals surface area (Å²) in [7, 11) is -3.92. The van der Waals surface area contributed by atoms with Crippen molar-refractivity contribution in [1.82, 2.24) is 9.97 Å². The molecule has 6 heteroatoms. The Bertz CT molecular complexity index is 1310. The van der Waals surface area contributed by atoms with Gasteiger partial charge in [-0.25, -0.2) is 18.4 Å². The van der Waals surface area contributed by atoms with E-state index in [-0.39, 0.29) is 0 Å². The summed E-state index contributed by atoms with van der Waals surface area (Å²) < 4.78 is 27.2. The second-order valence-electron chi connectivity index (χ2n) is 6.20. The first-order valence-electron chi connectivity index (χ1n) is 11.3. The maximum Gasteiger partial charge on any atom is 0.0979 e. The van der Waals surface area contributed by atoms with Gasteiger partial charge in [-0.15, -0.1) is 0 Å². The molecule has 0 aliphatic carbocycles. The van der Waals surface area contributed by atoms with Crippen molar-refractivity contribution >= 4 is 53.7 Å².